The lowest BCUT2D eigenvalue weighted by Gasteiger charge is -2.48. The van der Waals surface area contributed by atoms with Crippen LogP contribution in [-0.4, -0.2) is 36.6 Å². The summed E-state index contributed by atoms with van der Waals surface area (Å²) in [5, 5.41) is 0. The van der Waals surface area contributed by atoms with Crippen molar-refractivity contribution in [1.29, 1.82) is 0 Å². The number of hydrogen-bond acceptors (Lipinski definition) is 3. The number of nitrogens with zero attached hydrogens (tertiary/aromatic N) is 1. The van der Waals surface area contributed by atoms with E-state index >= 15 is 0 Å². The summed E-state index contributed by atoms with van der Waals surface area (Å²) in [5.74, 6) is 1.23. The van der Waals surface area contributed by atoms with Crippen LogP contribution in [0.1, 0.15) is 19.8 Å². The van der Waals surface area contributed by atoms with Crippen LogP contribution >= 0.6 is 0 Å². The topological polar surface area (TPSA) is 29.5 Å². The zero-order valence-corrected chi connectivity index (χ0v) is 9.32. The van der Waals surface area contributed by atoms with Crippen LogP contribution in [0.5, 0.6) is 0 Å². The van der Waals surface area contributed by atoms with Crippen LogP contribution in [0.4, 0.5) is 0 Å². The summed E-state index contributed by atoms with van der Waals surface area (Å²) >= 11 is 0. The van der Waals surface area contributed by atoms with Gasteiger partial charge < -0.3 is 4.74 Å². The fourth-order valence-corrected chi connectivity index (χ4v) is 2.83. The van der Waals surface area contributed by atoms with Crippen molar-refractivity contribution in [1.82, 2.24) is 4.90 Å². The van der Waals surface area contributed by atoms with Crippen LogP contribution in [0.25, 0.3) is 0 Å². The van der Waals surface area contributed by atoms with Crippen molar-refractivity contribution in [3.05, 3.63) is 12.7 Å². The minimum Gasteiger partial charge on any atom is -0.464 e. The van der Waals surface area contributed by atoms with E-state index in [-0.39, 0.29) is 5.97 Å². The lowest BCUT2D eigenvalue weighted by atomic mass is 9.76. The van der Waals surface area contributed by atoms with Gasteiger partial charge in [-0.2, -0.15) is 0 Å². The minimum atomic E-state index is -0.169. The first kappa shape index (κ1) is 10.7. The highest BCUT2D eigenvalue weighted by Crippen LogP contribution is 2.36. The summed E-state index contributed by atoms with van der Waals surface area (Å²) in [4.78, 5) is 13.2. The number of hydrogen-bond donors (Lipinski definition) is 0. The Balaban J connectivity index is 1.90. The van der Waals surface area contributed by atoms with Crippen molar-refractivity contribution in [3.8, 4) is 0 Å². The molecule has 15 heavy (non-hydrogen) atoms. The lowest BCUT2D eigenvalue weighted by molar-refractivity contribution is -0.144. The number of ether oxygens (including phenoxy) is 1. The molecule has 3 fully saturated rings. The van der Waals surface area contributed by atoms with E-state index in [0.717, 1.165) is 25.4 Å². The first-order valence-corrected chi connectivity index (χ1v) is 5.70. The van der Waals surface area contributed by atoms with Crippen molar-refractivity contribution in [2.45, 2.75) is 25.8 Å². The lowest BCUT2D eigenvalue weighted by Crippen LogP contribution is -2.54. The zero-order valence-electron chi connectivity index (χ0n) is 9.32. The summed E-state index contributed by atoms with van der Waals surface area (Å²) in [6.07, 6.45) is 4.51. The van der Waals surface area contributed by atoms with Crippen LogP contribution in [-0.2, 0) is 9.53 Å². The third-order valence-corrected chi connectivity index (χ3v) is 3.71. The first-order valence-electron chi connectivity index (χ1n) is 5.70. The largest absolute Gasteiger partial charge is 0.464 e. The zero-order chi connectivity index (χ0) is 10.8. The maximum absolute atomic E-state index is 10.8. The molecule has 4 atom stereocenters. The van der Waals surface area contributed by atoms with Crippen molar-refractivity contribution < 1.29 is 9.53 Å². The molecule has 0 aliphatic carbocycles. The molecule has 0 aromatic heterocycles. The van der Waals surface area contributed by atoms with E-state index in [4.69, 9.17) is 4.74 Å². The van der Waals surface area contributed by atoms with Gasteiger partial charge in [-0.25, -0.2) is 0 Å². The highest BCUT2D eigenvalue weighted by Gasteiger charge is 2.38. The highest BCUT2D eigenvalue weighted by molar-refractivity contribution is 5.65. The minimum absolute atomic E-state index is 0.169. The molecule has 3 heterocycles. The number of rotatable bonds is 3. The number of piperidine rings is 3. The van der Waals surface area contributed by atoms with Crippen molar-refractivity contribution in [2.24, 2.45) is 11.8 Å². The van der Waals surface area contributed by atoms with Crippen LogP contribution in [0, 0.1) is 11.8 Å². The van der Waals surface area contributed by atoms with Gasteiger partial charge in [-0.05, 0) is 31.2 Å². The molecule has 0 radical (unpaired) electrons. The van der Waals surface area contributed by atoms with Gasteiger partial charge in [-0.15, -0.1) is 6.58 Å². The molecular formula is C12H19NO2. The number of fused-ring (bicyclic) bond motifs is 3. The molecule has 0 N–H and O–H groups in total. The molecule has 0 aromatic rings. The fourth-order valence-electron chi connectivity index (χ4n) is 2.83. The van der Waals surface area contributed by atoms with E-state index in [0.29, 0.717) is 18.6 Å². The fraction of sp³-hybridized carbons (Fsp3) is 0.750. The Morgan fingerprint density at radius 3 is 3.00 bits per heavy atom. The molecule has 1 unspecified atom stereocenters. The van der Waals surface area contributed by atoms with Gasteiger partial charge in [0.25, 0.3) is 0 Å². The maximum Gasteiger partial charge on any atom is 0.302 e. The number of carbonyl (C=O) groups is 1. The van der Waals surface area contributed by atoms with Crippen molar-refractivity contribution >= 4 is 5.97 Å². The summed E-state index contributed by atoms with van der Waals surface area (Å²) in [5.41, 5.74) is 0. The van der Waals surface area contributed by atoms with E-state index in [1.807, 2.05) is 0 Å². The Morgan fingerprint density at radius 2 is 2.47 bits per heavy atom. The second-order valence-corrected chi connectivity index (χ2v) is 4.64. The van der Waals surface area contributed by atoms with Gasteiger partial charge in [0, 0.05) is 19.5 Å². The number of esters is 1. The van der Waals surface area contributed by atoms with Crippen molar-refractivity contribution in [2.75, 3.05) is 19.7 Å². The molecule has 0 aromatic carbocycles. The van der Waals surface area contributed by atoms with Gasteiger partial charge in [-0.1, -0.05) is 6.08 Å². The van der Waals surface area contributed by atoms with E-state index < -0.39 is 0 Å². The molecule has 3 saturated heterocycles. The van der Waals surface area contributed by atoms with Gasteiger partial charge in [0.15, 0.2) is 0 Å². The molecule has 3 aliphatic rings. The van der Waals surface area contributed by atoms with E-state index in [1.54, 1.807) is 0 Å². The predicted octanol–water partition coefficient (Wildman–Crippen LogP) is 1.45. The van der Waals surface area contributed by atoms with Crippen LogP contribution in [0.2, 0.25) is 0 Å². The van der Waals surface area contributed by atoms with Crippen molar-refractivity contribution in [3.63, 3.8) is 0 Å². The molecule has 3 heteroatoms. The molecular weight excluding hydrogens is 190 g/mol. The van der Waals surface area contributed by atoms with Crippen LogP contribution in [0.3, 0.4) is 0 Å². The molecule has 3 rings (SSSR count). The summed E-state index contributed by atoms with van der Waals surface area (Å²) in [7, 11) is 0. The molecule has 3 aliphatic heterocycles. The Hall–Kier alpha value is -0.830. The van der Waals surface area contributed by atoms with E-state index in [1.165, 1.54) is 13.3 Å². The van der Waals surface area contributed by atoms with E-state index in [9.17, 15) is 4.79 Å². The Labute approximate surface area is 91.1 Å². The van der Waals surface area contributed by atoms with Crippen LogP contribution in [0.15, 0.2) is 12.7 Å². The third kappa shape index (κ3) is 2.23. The van der Waals surface area contributed by atoms with Gasteiger partial charge >= 0.3 is 5.97 Å². The quantitative estimate of drug-likeness (QED) is 0.520. The predicted molar refractivity (Wildman–Crippen MR) is 58.4 cm³/mol. The van der Waals surface area contributed by atoms with Crippen LogP contribution < -0.4 is 0 Å². The summed E-state index contributed by atoms with van der Waals surface area (Å²) < 4.78 is 5.10. The molecule has 0 spiro atoms. The molecule has 84 valence electrons. The normalized spacial score (nSPS) is 38.7. The SMILES string of the molecule is C=C[C@H]1CN2CC[C@H]1C[C@H]2COC(C)=O. The average molecular weight is 209 g/mol. The maximum atomic E-state index is 10.8. The molecule has 0 saturated carbocycles. The van der Waals surface area contributed by atoms with E-state index in [2.05, 4.69) is 17.6 Å². The van der Waals surface area contributed by atoms with Gasteiger partial charge in [0.1, 0.15) is 6.61 Å². The Bertz CT molecular complexity index is 264. The first-order chi connectivity index (χ1) is 7.20. The second-order valence-electron chi connectivity index (χ2n) is 4.64. The van der Waals surface area contributed by atoms with Gasteiger partial charge in [0.2, 0.25) is 0 Å². The summed E-state index contributed by atoms with van der Waals surface area (Å²) in [6, 6.07) is 0.448. The highest BCUT2D eigenvalue weighted by atomic mass is 16.5. The molecule has 2 bridgehead atoms. The average Bonchev–Trinajstić information content (AvgIpc) is 2.27. The third-order valence-electron chi connectivity index (χ3n) is 3.71. The Kier molecular flexibility index (Phi) is 3.10. The van der Waals surface area contributed by atoms with Gasteiger partial charge in [-0.3, -0.25) is 9.69 Å². The number of carbonyl (C=O) groups excluding carboxylic acids is 1. The standard InChI is InChI=1S/C12H19NO2/c1-3-10-7-13-5-4-11(10)6-12(13)8-15-9(2)14/h3,10-12H,1,4-8H2,2H3/t10-,11-,12-/m0/s1. The molecule has 3 nitrogen and oxygen atoms in total. The monoisotopic (exact) mass is 209 g/mol. The molecule has 0 amide bonds. The Morgan fingerprint density at radius 1 is 1.67 bits per heavy atom. The second kappa shape index (κ2) is 4.35. The van der Waals surface area contributed by atoms with Gasteiger partial charge in [0.05, 0.1) is 0 Å². The summed E-state index contributed by atoms with van der Waals surface area (Å²) in [6.45, 7) is 8.18. The smallest absolute Gasteiger partial charge is 0.302 e.